The molecule has 0 aliphatic heterocycles. The predicted molar refractivity (Wildman–Crippen MR) is 107 cm³/mol. The van der Waals surface area contributed by atoms with Gasteiger partial charge in [0.15, 0.2) is 11.6 Å². The molecule has 0 N–H and O–H groups in total. The number of carbonyl (C=O) groups is 2. The smallest absolute Gasteiger partial charge is 0.250 e. The van der Waals surface area contributed by atoms with Crippen LogP contribution in [-0.4, -0.2) is 19.9 Å². The monoisotopic (exact) mass is 374 g/mol. The quantitative estimate of drug-likeness (QED) is 0.593. The lowest BCUT2D eigenvalue weighted by Gasteiger charge is -2.50. The number of Topliss-reactive ketones (excluding diaryl/α,β-unsaturated/α-hetero) is 1. The molecule has 3 atom stereocenters. The van der Waals surface area contributed by atoms with Crippen molar-refractivity contribution in [2.45, 2.75) is 84.9 Å². The third-order valence-corrected chi connectivity index (χ3v) is 11.7. The van der Waals surface area contributed by atoms with Crippen molar-refractivity contribution in [3.05, 3.63) is 23.0 Å². The van der Waals surface area contributed by atoms with Gasteiger partial charge in [-0.05, 0) is 67.5 Å². The van der Waals surface area contributed by atoms with Crippen LogP contribution in [0.4, 0.5) is 0 Å². The van der Waals surface area contributed by atoms with E-state index < -0.39 is 13.7 Å². The summed E-state index contributed by atoms with van der Waals surface area (Å²) < 4.78 is 6.78. The summed E-state index contributed by atoms with van der Waals surface area (Å²) in [7, 11) is -1.98. The molecular weight excluding hydrogens is 340 g/mol. The first-order chi connectivity index (χ1) is 11.9. The van der Waals surface area contributed by atoms with E-state index in [9.17, 15) is 9.59 Å². The highest BCUT2D eigenvalue weighted by atomic mass is 28.4. The molecule has 0 heterocycles. The maximum atomic E-state index is 13.1. The van der Waals surface area contributed by atoms with Crippen LogP contribution in [0.25, 0.3) is 0 Å². The van der Waals surface area contributed by atoms with Crippen LogP contribution in [0.2, 0.25) is 18.1 Å². The first-order valence-corrected chi connectivity index (χ1v) is 13.0. The van der Waals surface area contributed by atoms with Gasteiger partial charge in [0.1, 0.15) is 0 Å². The van der Waals surface area contributed by atoms with Gasteiger partial charge in [-0.1, -0.05) is 34.1 Å². The van der Waals surface area contributed by atoms with Crippen LogP contribution in [0.3, 0.4) is 0 Å². The predicted octanol–water partition coefficient (Wildman–Crippen LogP) is 5.58. The molecule has 3 aliphatic rings. The molecule has 0 aromatic heterocycles. The topological polar surface area (TPSA) is 43.4 Å². The lowest BCUT2D eigenvalue weighted by Crippen LogP contribution is -2.52. The second kappa shape index (κ2) is 6.18. The van der Waals surface area contributed by atoms with Gasteiger partial charge in [0.05, 0.1) is 5.76 Å². The largest absolute Gasteiger partial charge is 0.547 e. The van der Waals surface area contributed by atoms with Crippen LogP contribution in [0, 0.1) is 17.3 Å². The molecule has 3 aliphatic carbocycles. The normalized spacial score (nSPS) is 32.8. The third kappa shape index (κ3) is 2.94. The average molecular weight is 375 g/mol. The maximum absolute atomic E-state index is 13.1. The summed E-state index contributed by atoms with van der Waals surface area (Å²) in [5.41, 5.74) is 1.32. The van der Waals surface area contributed by atoms with Gasteiger partial charge in [0.25, 0.3) is 0 Å². The second-order valence-corrected chi connectivity index (χ2v) is 15.0. The molecule has 0 saturated heterocycles. The van der Waals surface area contributed by atoms with E-state index in [1.165, 1.54) is 5.57 Å². The van der Waals surface area contributed by atoms with E-state index in [-0.39, 0.29) is 28.4 Å². The molecule has 4 heteroatoms. The standard InChI is InChI=1S/C22H34O3Si/c1-14-12-17(23)19-16-11-9-8-10-15(16)18(13-22(19,5)20(14)24)25-26(6,7)21(2,3)4/h12,16,19H,8-11,13H2,1-7H3/t16-,19+,22+/m1/s1. The van der Waals surface area contributed by atoms with Crippen LogP contribution in [0.5, 0.6) is 0 Å². The Hall–Kier alpha value is -1.16. The van der Waals surface area contributed by atoms with E-state index >= 15 is 0 Å². The summed E-state index contributed by atoms with van der Waals surface area (Å²) >= 11 is 0. The van der Waals surface area contributed by atoms with Gasteiger partial charge in [0.2, 0.25) is 8.32 Å². The Balaban J connectivity index is 2.08. The highest BCUT2D eigenvalue weighted by Gasteiger charge is 2.56. The first kappa shape index (κ1) is 19.6. The number of allylic oxidation sites excluding steroid dienone is 4. The first-order valence-electron chi connectivity index (χ1n) is 10.1. The van der Waals surface area contributed by atoms with E-state index in [0.29, 0.717) is 12.0 Å². The Bertz CT molecular complexity index is 707. The summed E-state index contributed by atoms with van der Waals surface area (Å²) in [4.78, 5) is 26.0. The Labute approximate surface area is 159 Å². The van der Waals surface area contributed by atoms with Crippen molar-refractivity contribution in [2.75, 3.05) is 0 Å². The average Bonchev–Trinajstić information content (AvgIpc) is 2.51. The van der Waals surface area contributed by atoms with Gasteiger partial charge < -0.3 is 4.43 Å². The zero-order valence-electron chi connectivity index (χ0n) is 17.5. The van der Waals surface area contributed by atoms with Gasteiger partial charge in [-0.25, -0.2) is 0 Å². The highest BCUT2D eigenvalue weighted by molar-refractivity contribution is 6.74. The van der Waals surface area contributed by atoms with E-state index in [1.54, 1.807) is 13.0 Å². The Morgan fingerprint density at radius 1 is 1.19 bits per heavy atom. The summed E-state index contributed by atoms with van der Waals surface area (Å²) in [6.45, 7) is 15.1. The number of ketones is 2. The van der Waals surface area contributed by atoms with Crippen molar-refractivity contribution in [3.63, 3.8) is 0 Å². The van der Waals surface area contributed by atoms with E-state index in [4.69, 9.17) is 4.43 Å². The SMILES string of the molecule is CC1=CC(=O)[C@@H]2[C@@H]3CCCCC3=C(O[Si](C)(C)C(C)(C)C)C[C@]2(C)C1=O. The lowest BCUT2D eigenvalue weighted by atomic mass is 9.54. The minimum absolute atomic E-state index is 0.116. The fourth-order valence-corrected chi connectivity index (χ4v) is 6.00. The zero-order valence-corrected chi connectivity index (χ0v) is 18.5. The molecule has 0 spiro atoms. The van der Waals surface area contributed by atoms with Crippen molar-refractivity contribution in [1.82, 2.24) is 0 Å². The molecule has 1 saturated carbocycles. The third-order valence-electron chi connectivity index (χ3n) is 7.36. The van der Waals surface area contributed by atoms with Crippen molar-refractivity contribution in [2.24, 2.45) is 17.3 Å². The summed E-state index contributed by atoms with van der Waals surface area (Å²) in [6, 6.07) is 0. The molecule has 3 nitrogen and oxygen atoms in total. The number of hydrogen-bond acceptors (Lipinski definition) is 3. The van der Waals surface area contributed by atoms with Crippen molar-refractivity contribution in [3.8, 4) is 0 Å². The molecule has 1 fully saturated rings. The van der Waals surface area contributed by atoms with Gasteiger partial charge in [-0.2, -0.15) is 0 Å². The highest BCUT2D eigenvalue weighted by Crippen LogP contribution is 2.56. The lowest BCUT2D eigenvalue weighted by molar-refractivity contribution is -0.139. The van der Waals surface area contributed by atoms with E-state index in [0.717, 1.165) is 31.4 Å². The van der Waals surface area contributed by atoms with Crippen LogP contribution < -0.4 is 0 Å². The van der Waals surface area contributed by atoms with Gasteiger partial charge in [0, 0.05) is 17.8 Å². The molecule has 26 heavy (non-hydrogen) atoms. The molecule has 0 unspecified atom stereocenters. The minimum Gasteiger partial charge on any atom is -0.547 e. The molecule has 0 aromatic rings. The van der Waals surface area contributed by atoms with Crippen LogP contribution in [-0.2, 0) is 14.0 Å². The molecule has 0 radical (unpaired) electrons. The number of fused-ring (bicyclic) bond motifs is 3. The second-order valence-electron chi connectivity index (χ2n) is 10.3. The number of rotatable bonds is 2. The molecule has 0 aromatic carbocycles. The molecule has 144 valence electrons. The fourth-order valence-electron chi connectivity index (χ4n) is 4.87. The van der Waals surface area contributed by atoms with Gasteiger partial charge in [-0.15, -0.1) is 0 Å². The van der Waals surface area contributed by atoms with E-state index in [1.807, 2.05) is 6.92 Å². The number of carbonyl (C=O) groups excluding carboxylic acids is 2. The maximum Gasteiger partial charge on any atom is 0.250 e. The molecular formula is C22H34O3Si. The Kier molecular flexibility index (Phi) is 4.66. The van der Waals surface area contributed by atoms with Crippen LogP contribution >= 0.6 is 0 Å². The van der Waals surface area contributed by atoms with Crippen molar-refractivity contribution in [1.29, 1.82) is 0 Å². The van der Waals surface area contributed by atoms with Crippen LogP contribution in [0.1, 0.15) is 66.7 Å². The Morgan fingerprint density at radius 2 is 1.85 bits per heavy atom. The van der Waals surface area contributed by atoms with Crippen molar-refractivity contribution >= 4 is 19.9 Å². The van der Waals surface area contributed by atoms with Gasteiger partial charge >= 0.3 is 0 Å². The molecule has 3 rings (SSSR count). The van der Waals surface area contributed by atoms with Gasteiger partial charge in [-0.3, -0.25) is 9.59 Å². The molecule has 0 bridgehead atoms. The fraction of sp³-hybridized carbons (Fsp3) is 0.727. The van der Waals surface area contributed by atoms with Crippen LogP contribution in [0.15, 0.2) is 23.0 Å². The Morgan fingerprint density at radius 3 is 2.46 bits per heavy atom. The summed E-state index contributed by atoms with van der Waals surface area (Å²) in [5.74, 6) is 1.34. The van der Waals surface area contributed by atoms with Crippen molar-refractivity contribution < 1.29 is 14.0 Å². The minimum atomic E-state index is -1.98. The summed E-state index contributed by atoms with van der Waals surface area (Å²) in [6.07, 6.45) is 6.51. The van der Waals surface area contributed by atoms with E-state index in [2.05, 4.69) is 33.9 Å². The molecule has 0 amide bonds. The zero-order chi connectivity index (χ0) is 19.5. The number of hydrogen-bond donors (Lipinski definition) is 0. The summed E-state index contributed by atoms with van der Waals surface area (Å²) in [5, 5.41) is 0.116.